The van der Waals surface area contributed by atoms with Gasteiger partial charge < -0.3 is 5.21 Å². The van der Waals surface area contributed by atoms with Crippen LogP contribution in [-0.4, -0.2) is 29.6 Å². The number of oxime groups is 1. The highest BCUT2D eigenvalue weighted by Crippen LogP contribution is 1.92. The summed E-state index contributed by atoms with van der Waals surface area (Å²) in [6.45, 7) is 1.74. The number of halogens is 1. The summed E-state index contributed by atoms with van der Waals surface area (Å²) < 4.78 is 0. The average molecular weight is 290 g/mol. The van der Waals surface area contributed by atoms with E-state index in [1.807, 2.05) is 6.26 Å². The van der Waals surface area contributed by atoms with Crippen molar-refractivity contribution < 1.29 is 10.0 Å². The van der Waals surface area contributed by atoms with Crippen LogP contribution < -0.4 is 0 Å². The van der Waals surface area contributed by atoms with E-state index in [-0.39, 0.29) is 24.0 Å². The third-order valence-corrected chi connectivity index (χ3v) is 1.20. The minimum absolute atomic E-state index is 0. The summed E-state index contributed by atoms with van der Waals surface area (Å²) in [6.07, 6.45) is 3.16. The summed E-state index contributed by atoms with van der Waals surface area (Å²) in [4.78, 5) is 11.8. The van der Waals surface area contributed by atoms with Crippen LogP contribution in [0.2, 0.25) is 0 Å². The summed E-state index contributed by atoms with van der Waals surface area (Å²) in [5.74, 6) is 0. The molecule has 0 aliphatic heterocycles. The fourth-order valence-corrected chi connectivity index (χ4v) is 0.122. The minimum atomic E-state index is 0. The molecule has 0 aliphatic carbocycles. The molecule has 0 saturated heterocycles. The lowest BCUT2D eigenvalue weighted by Gasteiger charge is -1.81. The Balaban J connectivity index is -0.000000114. The van der Waals surface area contributed by atoms with Crippen LogP contribution in [0.15, 0.2) is 10.1 Å². The number of hydrogen-bond acceptors (Lipinski definition) is 5. The topological polar surface area (TPSA) is 62.0 Å². The van der Waals surface area contributed by atoms with Gasteiger partial charge in [-0.2, -0.15) is 0 Å². The highest BCUT2D eigenvalue weighted by Gasteiger charge is 1.78. The van der Waals surface area contributed by atoms with Gasteiger partial charge in [-0.05, 0) is 13.2 Å². The molecule has 0 spiro atoms. The van der Waals surface area contributed by atoms with Crippen LogP contribution >= 0.6 is 35.7 Å². The Labute approximate surface area is 87.2 Å². The van der Waals surface area contributed by atoms with Crippen molar-refractivity contribution in [2.24, 2.45) is 10.1 Å². The average Bonchev–Trinajstić information content (AvgIpc) is 2.03. The minimum Gasteiger partial charge on any atom is -0.410 e. The molecule has 0 aliphatic rings. The zero-order chi connectivity index (χ0) is 8.41. The Bertz CT molecular complexity index is 145. The van der Waals surface area contributed by atoms with Crippen molar-refractivity contribution in [3.8, 4) is 0 Å². The normalized spacial score (nSPS) is 8.09. The Morgan fingerprint density at radius 3 is 2.00 bits per heavy atom. The van der Waals surface area contributed by atoms with Crippen LogP contribution in [0.4, 0.5) is 0 Å². The fourth-order valence-electron chi connectivity index (χ4n) is 0.0408. The van der Waals surface area contributed by atoms with Gasteiger partial charge in [-0.25, -0.2) is 9.79 Å². The van der Waals surface area contributed by atoms with Gasteiger partial charge in [0.2, 0.25) is 6.08 Å². The Morgan fingerprint density at radius 2 is 2.00 bits per heavy atom. The number of thioether (sulfide) groups is 1. The number of carbonyl (C=O) groups excluding carboxylic acids is 1. The predicted octanol–water partition coefficient (Wildman–Crippen LogP) is 1.73. The van der Waals surface area contributed by atoms with Gasteiger partial charge >= 0.3 is 0 Å². The third-order valence-electron chi connectivity index (χ3n) is 0.528. The molecule has 0 unspecified atom stereocenters. The van der Waals surface area contributed by atoms with Gasteiger partial charge in [-0.3, -0.25) is 0 Å². The lowest BCUT2D eigenvalue weighted by Crippen LogP contribution is -1.76. The molecule has 1 N–H and O–H groups in total. The van der Waals surface area contributed by atoms with E-state index in [1.165, 1.54) is 24.9 Å². The number of nitrogens with zero attached hydrogens (tertiary/aromatic N) is 2. The zero-order valence-corrected chi connectivity index (χ0v) is 9.71. The number of aliphatic imine (C=N–C) groups is 1. The largest absolute Gasteiger partial charge is 0.410 e. The SMILES string of the molecule is CN=C=O.CS/C(C)=N\O.I. The summed E-state index contributed by atoms with van der Waals surface area (Å²) in [6, 6.07) is 0. The van der Waals surface area contributed by atoms with E-state index in [0.717, 1.165) is 0 Å². The molecule has 0 rings (SSSR count). The van der Waals surface area contributed by atoms with Crippen molar-refractivity contribution in [2.45, 2.75) is 6.92 Å². The van der Waals surface area contributed by atoms with Gasteiger partial charge in [0.25, 0.3) is 0 Å². The van der Waals surface area contributed by atoms with E-state index < -0.39 is 0 Å². The highest BCUT2D eigenvalue weighted by atomic mass is 127. The van der Waals surface area contributed by atoms with Crippen LogP contribution in [0.25, 0.3) is 0 Å². The van der Waals surface area contributed by atoms with E-state index >= 15 is 0 Å². The molecule has 0 aromatic rings. The smallest absolute Gasteiger partial charge is 0.234 e. The zero-order valence-electron chi connectivity index (χ0n) is 6.57. The molecule has 0 saturated carbocycles. The van der Waals surface area contributed by atoms with E-state index in [2.05, 4.69) is 10.1 Å². The Hall–Kier alpha value is -0.0700. The van der Waals surface area contributed by atoms with Crippen LogP contribution in [0.1, 0.15) is 6.92 Å². The molecule has 0 bridgehead atoms. The van der Waals surface area contributed by atoms with Gasteiger partial charge in [0, 0.05) is 7.05 Å². The van der Waals surface area contributed by atoms with Crippen LogP contribution in [0, 0.1) is 0 Å². The quantitative estimate of drug-likeness (QED) is 0.184. The summed E-state index contributed by atoms with van der Waals surface area (Å²) in [7, 11) is 1.38. The standard InChI is InChI=1S/C3H7NOS.C2H3NO.HI/c1-3(4-5)6-2;1-3-2-4;/h5H,1-2H3;1H3;1H/b4-3-;;. The molecule has 6 heteroatoms. The van der Waals surface area contributed by atoms with Crippen molar-refractivity contribution in [2.75, 3.05) is 13.3 Å². The number of isocyanates is 1. The first-order chi connectivity index (χ1) is 4.72. The predicted molar refractivity (Wildman–Crippen MR) is 57.9 cm³/mol. The summed E-state index contributed by atoms with van der Waals surface area (Å²) in [5, 5.41) is 11.5. The monoisotopic (exact) mass is 290 g/mol. The first-order valence-corrected chi connectivity index (χ1v) is 3.64. The first-order valence-electron chi connectivity index (χ1n) is 2.41. The van der Waals surface area contributed by atoms with Gasteiger partial charge in [0.15, 0.2) is 0 Å². The van der Waals surface area contributed by atoms with Gasteiger partial charge in [0.05, 0.1) is 0 Å². The van der Waals surface area contributed by atoms with Crippen molar-refractivity contribution in [1.82, 2.24) is 0 Å². The molecular weight excluding hydrogens is 279 g/mol. The van der Waals surface area contributed by atoms with Gasteiger partial charge in [-0.1, -0.05) is 5.16 Å². The maximum atomic E-state index is 8.88. The molecule has 0 atom stereocenters. The first kappa shape index (κ1) is 17.1. The summed E-state index contributed by atoms with van der Waals surface area (Å²) >= 11 is 1.42. The maximum absolute atomic E-state index is 8.88. The van der Waals surface area contributed by atoms with Crippen molar-refractivity contribution in [1.29, 1.82) is 0 Å². The lowest BCUT2D eigenvalue weighted by molar-refractivity contribution is 0.320. The van der Waals surface area contributed by atoms with Crippen molar-refractivity contribution in [3.63, 3.8) is 0 Å². The van der Waals surface area contributed by atoms with Crippen LogP contribution in [0.3, 0.4) is 0 Å². The second-order valence-electron chi connectivity index (χ2n) is 1.14. The fraction of sp³-hybridized carbons (Fsp3) is 0.600. The van der Waals surface area contributed by atoms with E-state index in [0.29, 0.717) is 5.04 Å². The molecule has 4 nitrogen and oxygen atoms in total. The number of hydrogen-bond donors (Lipinski definition) is 1. The molecule has 0 amide bonds. The third kappa shape index (κ3) is 25.7. The highest BCUT2D eigenvalue weighted by molar-refractivity contribution is 14.0. The van der Waals surface area contributed by atoms with E-state index in [4.69, 9.17) is 10.0 Å². The molecule has 0 fully saturated rings. The van der Waals surface area contributed by atoms with E-state index in [9.17, 15) is 0 Å². The molecule has 11 heavy (non-hydrogen) atoms. The second-order valence-corrected chi connectivity index (χ2v) is 2.14. The molecule has 0 heterocycles. The summed E-state index contributed by atoms with van der Waals surface area (Å²) in [5.41, 5.74) is 0. The maximum Gasteiger partial charge on any atom is 0.234 e. The molecule has 0 aromatic heterocycles. The molecule has 66 valence electrons. The number of rotatable bonds is 0. The van der Waals surface area contributed by atoms with E-state index in [1.54, 1.807) is 6.92 Å². The van der Waals surface area contributed by atoms with Crippen molar-refractivity contribution in [3.05, 3.63) is 0 Å². The molecule has 0 aromatic carbocycles. The van der Waals surface area contributed by atoms with Crippen LogP contribution in [0.5, 0.6) is 0 Å². The van der Waals surface area contributed by atoms with Crippen molar-refractivity contribution >= 4 is 46.9 Å². The second kappa shape index (κ2) is 16.5. The van der Waals surface area contributed by atoms with Crippen LogP contribution in [-0.2, 0) is 4.79 Å². The molecular formula is C5H11IN2O2S. The Morgan fingerprint density at radius 1 is 1.64 bits per heavy atom. The van der Waals surface area contributed by atoms with Gasteiger partial charge in [0.1, 0.15) is 5.04 Å². The molecule has 0 radical (unpaired) electrons. The van der Waals surface area contributed by atoms with Gasteiger partial charge in [-0.15, -0.1) is 35.7 Å². The Kier molecular flexibility index (Phi) is 25.7. The lowest BCUT2D eigenvalue weighted by atomic mass is 10.9.